The molecule has 1 nitrogen and oxygen atoms in total. The Morgan fingerprint density at radius 1 is 1.11 bits per heavy atom. The molecule has 2 rings (SSSR count). The van der Waals surface area contributed by atoms with Gasteiger partial charge >= 0.3 is 0 Å². The number of carbonyl (C=O) groups is 1. The second-order valence-corrected chi connectivity index (χ2v) is 4.76. The quantitative estimate of drug-likeness (QED) is 0.757. The molecule has 0 aromatic heterocycles. The Hall–Kier alpha value is -1.55. The molecular weight excluding hydrogens is 302 g/mol. The van der Waals surface area contributed by atoms with Crippen LogP contribution in [0.5, 0.6) is 0 Å². The zero-order valence-electron chi connectivity index (χ0n) is 9.51. The molecule has 4 heteroatoms. The summed E-state index contributed by atoms with van der Waals surface area (Å²) in [5.74, 6) is -2.38. The highest BCUT2D eigenvalue weighted by Crippen LogP contribution is 2.24. The van der Waals surface area contributed by atoms with Crippen LogP contribution in [0.2, 0.25) is 0 Å². The summed E-state index contributed by atoms with van der Waals surface area (Å²) in [4.78, 5) is 12.1. The molecule has 0 amide bonds. The van der Waals surface area contributed by atoms with Crippen LogP contribution in [0.25, 0.3) is 0 Å². The number of rotatable bonds is 2. The van der Waals surface area contributed by atoms with E-state index in [-0.39, 0.29) is 5.56 Å². The molecule has 0 saturated carbocycles. The van der Waals surface area contributed by atoms with Crippen LogP contribution >= 0.6 is 15.9 Å². The Morgan fingerprint density at radius 2 is 1.72 bits per heavy atom. The number of halogens is 3. The molecule has 0 heterocycles. The Morgan fingerprint density at radius 3 is 2.28 bits per heavy atom. The van der Waals surface area contributed by atoms with Gasteiger partial charge in [-0.1, -0.05) is 28.1 Å². The molecule has 0 atom stereocenters. The van der Waals surface area contributed by atoms with Gasteiger partial charge in [0.05, 0.1) is 5.56 Å². The van der Waals surface area contributed by atoms with Crippen LogP contribution in [0.4, 0.5) is 8.78 Å². The van der Waals surface area contributed by atoms with Gasteiger partial charge in [-0.2, -0.15) is 0 Å². The molecule has 0 N–H and O–H groups in total. The number of aryl methyl sites for hydroxylation is 1. The number of hydrogen-bond donors (Lipinski definition) is 0. The molecule has 0 radical (unpaired) electrons. The first-order chi connectivity index (χ1) is 8.50. The van der Waals surface area contributed by atoms with Crippen molar-refractivity contribution in [3.8, 4) is 0 Å². The average Bonchev–Trinajstić information content (AvgIpc) is 2.28. The van der Waals surface area contributed by atoms with Gasteiger partial charge in [0.25, 0.3) is 0 Å². The normalized spacial score (nSPS) is 10.4. The van der Waals surface area contributed by atoms with Crippen LogP contribution in [0, 0.1) is 18.6 Å². The van der Waals surface area contributed by atoms with Crippen molar-refractivity contribution in [1.82, 2.24) is 0 Å². The predicted molar refractivity (Wildman–Crippen MR) is 68.7 cm³/mol. The van der Waals surface area contributed by atoms with Gasteiger partial charge < -0.3 is 0 Å². The molecule has 0 aliphatic heterocycles. The van der Waals surface area contributed by atoms with Crippen molar-refractivity contribution >= 4 is 21.7 Å². The Bertz CT molecular complexity index is 603. The van der Waals surface area contributed by atoms with Crippen molar-refractivity contribution in [2.24, 2.45) is 0 Å². The van der Waals surface area contributed by atoms with Crippen LogP contribution in [0.1, 0.15) is 21.5 Å². The van der Waals surface area contributed by atoms with Gasteiger partial charge in [-0.15, -0.1) is 0 Å². The lowest BCUT2D eigenvalue weighted by Crippen LogP contribution is -2.08. The molecule has 0 aliphatic rings. The van der Waals surface area contributed by atoms with Crippen LogP contribution in [-0.4, -0.2) is 5.78 Å². The zero-order valence-corrected chi connectivity index (χ0v) is 11.1. The van der Waals surface area contributed by atoms with Crippen molar-refractivity contribution in [3.63, 3.8) is 0 Å². The summed E-state index contributed by atoms with van der Waals surface area (Å²) >= 11 is 3.23. The third-order valence-electron chi connectivity index (χ3n) is 2.56. The maximum atomic E-state index is 13.5. The summed E-state index contributed by atoms with van der Waals surface area (Å²) in [5.41, 5.74) is 0.666. The van der Waals surface area contributed by atoms with Gasteiger partial charge in [0.1, 0.15) is 11.6 Å². The van der Waals surface area contributed by atoms with E-state index in [4.69, 9.17) is 0 Å². The van der Waals surface area contributed by atoms with Crippen molar-refractivity contribution in [2.45, 2.75) is 6.92 Å². The molecular formula is C14H9BrF2O. The molecule has 0 unspecified atom stereocenters. The minimum Gasteiger partial charge on any atom is -0.288 e. The van der Waals surface area contributed by atoms with Crippen LogP contribution in [-0.2, 0) is 0 Å². The van der Waals surface area contributed by atoms with E-state index in [1.165, 1.54) is 6.07 Å². The van der Waals surface area contributed by atoms with Crippen molar-refractivity contribution in [2.75, 3.05) is 0 Å². The van der Waals surface area contributed by atoms with Crippen molar-refractivity contribution in [3.05, 3.63) is 69.2 Å². The van der Waals surface area contributed by atoms with E-state index in [1.54, 1.807) is 18.2 Å². The average molecular weight is 311 g/mol. The van der Waals surface area contributed by atoms with Crippen LogP contribution in [0.3, 0.4) is 0 Å². The standard InChI is InChI=1S/C14H9BrF2O/c1-8-5-6-9(10(15)7-8)14(18)13-11(16)3-2-4-12(13)17/h2-7H,1H3. The fourth-order valence-corrected chi connectivity index (χ4v) is 2.33. The summed E-state index contributed by atoms with van der Waals surface area (Å²) in [5, 5.41) is 0. The highest BCUT2D eigenvalue weighted by Gasteiger charge is 2.20. The number of carbonyl (C=O) groups excluding carboxylic acids is 1. The Balaban J connectivity index is 2.55. The van der Waals surface area contributed by atoms with E-state index >= 15 is 0 Å². The summed E-state index contributed by atoms with van der Waals surface area (Å²) in [6.45, 7) is 1.86. The second-order valence-electron chi connectivity index (χ2n) is 3.91. The maximum Gasteiger partial charge on any atom is 0.200 e. The highest BCUT2D eigenvalue weighted by molar-refractivity contribution is 9.10. The first kappa shape index (κ1) is 12.9. The minimum atomic E-state index is -0.854. The van der Waals surface area contributed by atoms with Gasteiger partial charge in [0, 0.05) is 10.0 Å². The molecule has 18 heavy (non-hydrogen) atoms. The SMILES string of the molecule is Cc1ccc(C(=O)c2c(F)cccc2F)c(Br)c1. The van der Waals surface area contributed by atoms with Gasteiger partial charge in [-0.05, 0) is 36.8 Å². The minimum absolute atomic E-state index is 0.240. The number of benzene rings is 2. The maximum absolute atomic E-state index is 13.5. The zero-order chi connectivity index (χ0) is 13.3. The molecule has 0 bridgehead atoms. The van der Waals surface area contributed by atoms with E-state index < -0.39 is 23.0 Å². The molecule has 2 aromatic carbocycles. The second kappa shape index (κ2) is 4.98. The largest absolute Gasteiger partial charge is 0.288 e. The first-order valence-electron chi connectivity index (χ1n) is 5.25. The fraction of sp³-hybridized carbons (Fsp3) is 0.0714. The van der Waals surface area contributed by atoms with E-state index in [0.717, 1.165) is 17.7 Å². The summed E-state index contributed by atoms with van der Waals surface area (Å²) in [7, 11) is 0. The highest BCUT2D eigenvalue weighted by atomic mass is 79.9. The number of ketones is 1. The lowest BCUT2D eigenvalue weighted by molar-refractivity contribution is 0.103. The monoisotopic (exact) mass is 310 g/mol. The van der Waals surface area contributed by atoms with E-state index in [2.05, 4.69) is 15.9 Å². The summed E-state index contributed by atoms with van der Waals surface area (Å²) in [6.07, 6.45) is 0. The van der Waals surface area contributed by atoms with Crippen LogP contribution < -0.4 is 0 Å². The summed E-state index contributed by atoms with van der Waals surface area (Å²) < 4.78 is 27.6. The van der Waals surface area contributed by atoms with Gasteiger partial charge in [-0.3, -0.25) is 4.79 Å². The molecule has 92 valence electrons. The third-order valence-corrected chi connectivity index (χ3v) is 3.22. The van der Waals surface area contributed by atoms with Crippen molar-refractivity contribution < 1.29 is 13.6 Å². The van der Waals surface area contributed by atoms with Gasteiger partial charge in [-0.25, -0.2) is 8.78 Å². The molecule has 0 spiro atoms. The topological polar surface area (TPSA) is 17.1 Å². The smallest absolute Gasteiger partial charge is 0.200 e. The molecule has 0 saturated heterocycles. The molecule has 2 aromatic rings. The van der Waals surface area contributed by atoms with E-state index in [1.807, 2.05) is 6.92 Å². The lowest BCUT2D eigenvalue weighted by atomic mass is 10.0. The first-order valence-corrected chi connectivity index (χ1v) is 6.05. The predicted octanol–water partition coefficient (Wildman–Crippen LogP) is 4.27. The van der Waals surface area contributed by atoms with Gasteiger partial charge in [0.15, 0.2) is 5.78 Å². The molecule has 0 fully saturated rings. The number of hydrogen-bond acceptors (Lipinski definition) is 1. The Labute approximate surface area is 112 Å². The third kappa shape index (κ3) is 2.34. The van der Waals surface area contributed by atoms with Crippen molar-refractivity contribution in [1.29, 1.82) is 0 Å². The summed E-state index contributed by atoms with van der Waals surface area (Å²) in [6, 6.07) is 8.36. The van der Waals surface area contributed by atoms with Crippen LogP contribution in [0.15, 0.2) is 40.9 Å². The van der Waals surface area contributed by atoms with Gasteiger partial charge in [0.2, 0.25) is 0 Å². The fourth-order valence-electron chi connectivity index (χ4n) is 1.65. The van der Waals surface area contributed by atoms with E-state index in [9.17, 15) is 13.6 Å². The lowest BCUT2D eigenvalue weighted by Gasteiger charge is -2.06. The Kier molecular flexibility index (Phi) is 3.57. The molecule has 0 aliphatic carbocycles. The van der Waals surface area contributed by atoms with E-state index in [0.29, 0.717) is 4.47 Å².